The number of amides is 1. The van der Waals surface area contributed by atoms with Crippen LogP contribution in [0.25, 0.3) is 0 Å². The van der Waals surface area contributed by atoms with Crippen molar-refractivity contribution in [3.8, 4) is 5.75 Å². The molecule has 0 radical (unpaired) electrons. The van der Waals surface area contributed by atoms with Gasteiger partial charge >= 0.3 is 0 Å². The molecule has 2 rings (SSSR count). The van der Waals surface area contributed by atoms with Gasteiger partial charge in [-0.2, -0.15) is 0 Å². The van der Waals surface area contributed by atoms with E-state index in [1.54, 1.807) is 12.1 Å². The van der Waals surface area contributed by atoms with Crippen LogP contribution in [0, 0.1) is 0 Å². The summed E-state index contributed by atoms with van der Waals surface area (Å²) in [5, 5.41) is 2.90. The maximum atomic E-state index is 12.1. The van der Waals surface area contributed by atoms with Gasteiger partial charge in [0.15, 0.2) is 0 Å². The maximum Gasteiger partial charge on any atom is 0.251 e. The molecule has 0 saturated carbocycles. The zero-order valence-corrected chi connectivity index (χ0v) is 12.8. The van der Waals surface area contributed by atoms with E-state index in [0.717, 1.165) is 29.9 Å². The van der Waals surface area contributed by atoms with Crippen LogP contribution >= 0.6 is 0 Å². The van der Waals surface area contributed by atoms with E-state index in [1.807, 2.05) is 36.4 Å². The highest BCUT2D eigenvalue weighted by Crippen LogP contribution is 2.12. The first-order valence-electron chi connectivity index (χ1n) is 7.52. The topological polar surface area (TPSA) is 64.3 Å². The Morgan fingerprint density at radius 3 is 2.27 bits per heavy atom. The van der Waals surface area contributed by atoms with Crippen molar-refractivity contribution in [1.82, 2.24) is 5.32 Å². The van der Waals surface area contributed by atoms with Crippen molar-refractivity contribution in [3.05, 3.63) is 65.2 Å². The Morgan fingerprint density at radius 2 is 1.68 bits per heavy atom. The molecular formula is C18H22N2O2. The highest BCUT2D eigenvalue weighted by atomic mass is 16.5. The normalized spacial score (nSPS) is 10.3. The lowest BCUT2D eigenvalue weighted by molar-refractivity contribution is 0.0951. The number of hydrogen-bond donors (Lipinski definition) is 2. The van der Waals surface area contributed by atoms with E-state index >= 15 is 0 Å². The number of carbonyl (C=O) groups is 1. The Bertz CT molecular complexity index is 591. The molecule has 4 heteroatoms. The smallest absolute Gasteiger partial charge is 0.251 e. The molecular weight excluding hydrogens is 276 g/mol. The Kier molecular flexibility index (Phi) is 5.98. The fourth-order valence-electron chi connectivity index (χ4n) is 2.00. The van der Waals surface area contributed by atoms with Gasteiger partial charge in [-0.15, -0.1) is 0 Å². The summed E-state index contributed by atoms with van der Waals surface area (Å²) in [6, 6.07) is 15.1. The summed E-state index contributed by atoms with van der Waals surface area (Å²) in [6.45, 7) is 3.76. The molecule has 0 aliphatic heterocycles. The molecule has 0 aliphatic carbocycles. The van der Waals surface area contributed by atoms with Crippen molar-refractivity contribution >= 4 is 5.91 Å². The van der Waals surface area contributed by atoms with Crippen molar-refractivity contribution < 1.29 is 9.53 Å². The first-order chi connectivity index (χ1) is 10.7. The highest BCUT2D eigenvalue weighted by molar-refractivity contribution is 5.94. The molecule has 3 N–H and O–H groups in total. The number of hydrogen-bond acceptors (Lipinski definition) is 3. The largest absolute Gasteiger partial charge is 0.494 e. The van der Waals surface area contributed by atoms with E-state index in [1.165, 1.54) is 0 Å². The van der Waals surface area contributed by atoms with Crippen LogP contribution in [-0.2, 0) is 13.1 Å². The number of benzene rings is 2. The SMILES string of the molecule is CCCOc1ccc(CNC(=O)c2ccc(CN)cc2)cc1. The molecule has 22 heavy (non-hydrogen) atoms. The second-order valence-electron chi connectivity index (χ2n) is 5.08. The van der Waals surface area contributed by atoms with Gasteiger partial charge in [0.25, 0.3) is 5.91 Å². The first kappa shape index (κ1) is 16.0. The lowest BCUT2D eigenvalue weighted by Crippen LogP contribution is -2.22. The van der Waals surface area contributed by atoms with Crippen LogP contribution in [0.1, 0.15) is 34.8 Å². The summed E-state index contributed by atoms with van der Waals surface area (Å²) in [5.74, 6) is 0.768. The van der Waals surface area contributed by atoms with Crippen molar-refractivity contribution in [2.24, 2.45) is 5.73 Å². The van der Waals surface area contributed by atoms with Crippen molar-refractivity contribution in [3.63, 3.8) is 0 Å². The molecule has 0 aliphatic rings. The second kappa shape index (κ2) is 8.20. The van der Waals surface area contributed by atoms with Crippen LogP contribution in [0.5, 0.6) is 5.75 Å². The summed E-state index contributed by atoms with van der Waals surface area (Å²) >= 11 is 0. The number of nitrogens with one attached hydrogen (secondary N) is 1. The molecule has 2 aromatic carbocycles. The monoisotopic (exact) mass is 298 g/mol. The molecule has 0 saturated heterocycles. The van der Waals surface area contributed by atoms with Gasteiger partial charge in [-0.25, -0.2) is 0 Å². The van der Waals surface area contributed by atoms with E-state index in [2.05, 4.69) is 12.2 Å². The van der Waals surface area contributed by atoms with Gasteiger partial charge in [0.1, 0.15) is 5.75 Å². The predicted molar refractivity (Wildman–Crippen MR) is 87.7 cm³/mol. The summed E-state index contributed by atoms with van der Waals surface area (Å²) in [4.78, 5) is 12.1. The van der Waals surface area contributed by atoms with Crippen LogP contribution in [-0.4, -0.2) is 12.5 Å². The Hall–Kier alpha value is -2.33. The third kappa shape index (κ3) is 4.60. The third-order valence-corrected chi connectivity index (χ3v) is 3.30. The number of ether oxygens (including phenoxy) is 1. The van der Waals surface area contributed by atoms with Gasteiger partial charge < -0.3 is 15.8 Å². The minimum absolute atomic E-state index is 0.0881. The second-order valence-corrected chi connectivity index (χ2v) is 5.08. The summed E-state index contributed by atoms with van der Waals surface area (Å²) in [7, 11) is 0. The zero-order valence-electron chi connectivity index (χ0n) is 12.8. The fourth-order valence-corrected chi connectivity index (χ4v) is 2.00. The van der Waals surface area contributed by atoms with Crippen molar-refractivity contribution in [2.75, 3.05) is 6.61 Å². The Balaban J connectivity index is 1.87. The highest BCUT2D eigenvalue weighted by Gasteiger charge is 2.05. The molecule has 0 atom stereocenters. The number of carbonyl (C=O) groups excluding carboxylic acids is 1. The quantitative estimate of drug-likeness (QED) is 0.826. The third-order valence-electron chi connectivity index (χ3n) is 3.30. The van der Waals surface area contributed by atoms with Gasteiger partial charge in [0.05, 0.1) is 6.61 Å². The Labute approximate surface area is 131 Å². The minimum Gasteiger partial charge on any atom is -0.494 e. The van der Waals surface area contributed by atoms with Gasteiger partial charge in [0.2, 0.25) is 0 Å². The standard InChI is InChI=1S/C18H22N2O2/c1-2-11-22-17-9-5-15(6-10-17)13-20-18(21)16-7-3-14(12-19)4-8-16/h3-10H,2,11-13,19H2,1H3,(H,20,21). The van der Waals surface area contributed by atoms with Crippen LogP contribution in [0.3, 0.4) is 0 Å². The van der Waals surface area contributed by atoms with Crippen LogP contribution in [0.4, 0.5) is 0 Å². The summed E-state index contributed by atoms with van der Waals surface area (Å²) in [6.07, 6.45) is 0.987. The molecule has 2 aromatic rings. The maximum absolute atomic E-state index is 12.1. The number of rotatable bonds is 7. The average Bonchev–Trinajstić information content (AvgIpc) is 2.58. The van der Waals surface area contributed by atoms with E-state index in [-0.39, 0.29) is 5.91 Å². The predicted octanol–water partition coefficient (Wildman–Crippen LogP) is 2.86. The lowest BCUT2D eigenvalue weighted by Gasteiger charge is -2.08. The molecule has 0 fully saturated rings. The van der Waals surface area contributed by atoms with Crippen molar-refractivity contribution in [1.29, 1.82) is 0 Å². The molecule has 0 bridgehead atoms. The van der Waals surface area contributed by atoms with Crippen LogP contribution in [0.2, 0.25) is 0 Å². The molecule has 0 unspecified atom stereocenters. The molecule has 0 spiro atoms. The minimum atomic E-state index is -0.0881. The van der Waals surface area contributed by atoms with Crippen LogP contribution < -0.4 is 15.8 Å². The molecule has 1 amide bonds. The Morgan fingerprint density at radius 1 is 1.05 bits per heavy atom. The molecule has 4 nitrogen and oxygen atoms in total. The van der Waals surface area contributed by atoms with E-state index in [9.17, 15) is 4.79 Å². The molecule has 0 heterocycles. The zero-order chi connectivity index (χ0) is 15.8. The molecule has 0 aromatic heterocycles. The summed E-state index contributed by atoms with van der Waals surface area (Å²) < 4.78 is 5.53. The van der Waals surface area contributed by atoms with Gasteiger partial charge in [-0.05, 0) is 41.8 Å². The summed E-state index contributed by atoms with van der Waals surface area (Å²) in [5.41, 5.74) is 8.23. The fraction of sp³-hybridized carbons (Fsp3) is 0.278. The average molecular weight is 298 g/mol. The van der Waals surface area contributed by atoms with E-state index in [0.29, 0.717) is 18.7 Å². The van der Waals surface area contributed by atoms with Crippen LogP contribution in [0.15, 0.2) is 48.5 Å². The van der Waals surface area contributed by atoms with Gasteiger partial charge in [-0.3, -0.25) is 4.79 Å². The van der Waals surface area contributed by atoms with Gasteiger partial charge in [0, 0.05) is 18.7 Å². The first-order valence-corrected chi connectivity index (χ1v) is 7.52. The van der Waals surface area contributed by atoms with Gasteiger partial charge in [-0.1, -0.05) is 31.2 Å². The van der Waals surface area contributed by atoms with Crippen molar-refractivity contribution in [2.45, 2.75) is 26.4 Å². The number of nitrogens with two attached hydrogens (primary N) is 1. The van der Waals surface area contributed by atoms with E-state index < -0.39 is 0 Å². The lowest BCUT2D eigenvalue weighted by atomic mass is 10.1. The molecule has 116 valence electrons. The van der Waals surface area contributed by atoms with E-state index in [4.69, 9.17) is 10.5 Å².